The van der Waals surface area contributed by atoms with Crippen LogP contribution in [0.25, 0.3) is 0 Å². The number of rotatable bonds is 8. The molecule has 4 rings (SSSR count). The molecule has 18 heteroatoms. The summed E-state index contributed by atoms with van der Waals surface area (Å²) in [5, 5.41) is 21.1. The molecule has 15 nitrogen and oxygen atoms in total. The average Bonchev–Trinajstić information content (AvgIpc) is 3.27. The van der Waals surface area contributed by atoms with Crippen molar-refractivity contribution < 1.29 is 33.9 Å². The number of β-lactam (4-membered cyclic amide) rings is 1. The van der Waals surface area contributed by atoms with Crippen LogP contribution < -0.4 is 21.8 Å². The summed E-state index contributed by atoms with van der Waals surface area (Å²) < 4.78 is 0. The number of hydrogen-bond acceptors (Lipinski definition) is 13. The van der Waals surface area contributed by atoms with Gasteiger partial charge in [0.15, 0.2) is 10.8 Å². The summed E-state index contributed by atoms with van der Waals surface area (Å²) in [7, 11) is 2.81. The Morgan fingerprint density at radius 1 is 1.39 bits per heavy atom. The molecule has 1 aromatic rings. The lowest BCUT2D eigenvalue weighted by molar-refractivity contribution is -0.150. The third-order valence-corrected chi connectivity index (χ3v) is 8.48. The van der Waals surface area contributed by atoms with E-state index >= 15 is 0 Å². The van der Waals surface area contributed by atoms with Crippen LogP contribution >= 0.6 is 34.9 Å². The van der Waals surface area contributed by atoms with Gasteiger partial charge in [0.05, 0.1) is 0 Å². The number of carboxylic acid groups (broad SMARTS) is 1. The molecule has 192 valence electrons. The molecule has 6 N–H and O–H groups in total. The predicted octanol–water partition coefficient (Wildman–Crippen LogP) is -2.08. The fourth-order valence-corrected chi connectivity index (χ4v) is 6.66. The molecule has 3 aliphatic heterocycles. The van der Waals surface area contributed by atoms with E-state index in [1.54, 1.807) is 7.05 Å². The van der Waals surface area contributed by atoms with Gasteiger partial charge in [0.2, 0.25) is 0 Å². The van der Waals surface area contributed by atoms with E-state index in [-0.39, 0.29) is 33.7 Å². The fraction of sp³-hybridized carbons (Fsp3) is 0.389. The number of carbonyl (C=O) groups excluding carboxylic acids is 4. The lowest BCUT2D eigenvalue weighted by atomic mass is 10.0. The molecule has 3 atom stereocenters. The smallest absolute Gasteiger partial charge is 0.352 e. The Hall–Kier alpha value is -3.35. The van der Waals surface area contributed by atoms with Gasteiger partial charge in [0, 0.05) is 23.9 Å². The van der Waals surface area contributed by atoms with Crippen molar-refractivity contribution >= 4 is 75.3 Å². The molecule has 3 aliphatic rings. The van der Waals surface area contributed by atoms with E-state index in [4.69, 9.17) is 10.6 Å². The number of hydrogen-bond donors (Lipinski definition) is 5. The lowest BCUT2D eigenvalue weighted by Crippen LogP contribution is -2.71. The van der Waals surface area contributed by atoms with Crippen molar-refractivity contribution in [2.24, 2.45) is 5.16 Å². The number of aromatic nitrogens is 1. The molecule has 0 saturated carbocycles. The standard InChI is InChI=1S/C18H20N8O7S3/c1-25-18(22-12(28)13(29)23-25)36-4-6-3-34-15-9(14(30)26(15)10(6)16(31)32)21-11(27)8(24-33-2)7-5-35-17(19)20-7/h5,9,15,18H,3-4H2,1-2H3,(H2,19,20)(H,21,27)(H,22,28)(H,23,29)(H,31,32)/b24-8-/t9-,15+,18?/m0/s1. The monoisotopic (exact) mass is 556 g/mol. The van der Waals surface area contributed by atoms with Crippen molar-refractivity contribution in [1.82, 2.24) is 31.0 Å². The number of nitrogens with one attached hydrogen (secondary N) is 3. The summed E-state index contributed by atoms with van der Waals surface area (Å²) in [6, 6.07) is -0.983. The molecule has 1 aromatic heterocycles. The number of fused-ring (bicyclic) bond motifs is 1. The molecule has 0 bridgehead atoms. The molecular weight excluding hydrogens is 536 g/mol. The topological polar surface area (TPSA) is 209 Å². The van der Waals surface area contributed by atoms with Crippen LogP contribution in [0.3, 0.4) is 0 Å². The molecule has 4 heterocycles. The highest BCUT2D eigenvalue weighted by molar-refractivity contribution is 8.01. The van der Waals surface area contributed by atoms with Crippen molar-refractivity contribution in [3.05, 3.63) is 22.3 Å². The number of thiazole rings is 1. The molecule has 2 fully saturated rings. The summed E-state index contributed by atoms with van der Waals surface area (Å²) in [5.41, 5.74) is 7.67. The number of nitrogen functional groups attached to an aromatic ring is 1. The minimum Gasteiger partial charge on any atom is -0.477 e. The van der Waals surface area contributed by atoms with Crippen LogP contribution in [-0.2, 0) is 28.8 Å². The van der Waals surface area contributed by atoms with Gasteiger partial charge in [0.1, 0.15) is 35.4 Å². The van der Waals surface area contributed by atoms with Crippen molar-refractivity contribution in [2.45, 2.75) is 16.9 Å². The van der Waals surface area contributed by atoms with Crippen LogP contribution in [0.15, 0.2) is 21.8 Å². The molecule has 0 spiro atoms. The maximum atomic E-state index is 12.9. The van der Waals surface area contributed by atoms with Gasteiger partial charge in [-0.15, -0.1) is 34.9 Å². The third kappa shape index (κ3) is 4.84. The number of thioether (sulfide) groups is 2. The van der Waals surface area contributed by atoms with E-state index in [1.807, 2.05) is 0 Å². The maximum absolute atomic E-state index is 12.9. The molecule has 0 radical (unpaired) electrons. The Balaban J connectivity index is 1.46. The van der Waals surface area contributed by atoms with Crippen LogP contribution in [0.5, 0.6) is 0 Å². The predicted molar refractivity (Wildman–Crippen MR) is 130 cm³/mol. The first-order valence-corrected chi connectivity index (χ1v) is 13.1. The van der Waals surface area contributed by atoms with Crippen molar-refractivity contribution in [2.75, 3.05) is 31.4 Å². The third-order valence-electron chi connectivity index (χ3n) is 5.20. The number of anilines is 1. The normalized spacial score (nSPS) is 24.5. The van der Waals surface area contributed by atoms with E-state index in [2.05, 4.69) is 26.2 Å². The Morgan fingerprint density at radius 3 is 2.78 bits per heavy atom. The van der Waals surface area contributed by atoms with Crippen molar-refractivity contribution in [3.8, 4) is 0 Å². The molecule has 4 amide bonds. The Labute approximate surface area is 215 Å². The fourth-order valence-electron chi connectivity index (χ4n) is 3.57. The van der Waals surface area contributed by atoms with E-state index in [9.17, 15) is 29.1 Å². The first kappa shape index (κ1) is 25.7. The van der Waals surface area contributed by atoms with Crippen LogP contribution in [0.1, 0.15) is 5.69 Å². The highest BCUT2D eigenvalue weighted by Crippen LogP contribution is 2.41. The summed E-state index contributed by atoms with van der Waals surface area (Å²) in [6.07, 6.45) is 0. The van der Waals surface area contributed by atoms with Gasteiger partial charge in [-0.05, 0) is 5.57 Å². The molecule has 0 aromatic carbocycles. The molecule has 2 saturated heterocycles. The zero-order valence-electron chi connectivity index (χ0n) is 18.7. The summed E-state index contributed by atoms with van der Waals surface area (Å²) >= 11 is 3.57. The number of oxime groups is 1. The van der Waals surface area contributed by atoms with E-state index in [1.165, 1.54) is 41.0 Å². The van der Waals surface area contributed by atoms with E-state index < -0.39 is 46.5 Å². The van der Waals surface area contributed by atoms with Crippen molar-refractivity contribution in [1.29, 1.82) is 0 Å². The second-order valence-corrected chi connectivity index (χ2v) is 10.6. The average molecular weight is 557 g/mol. The van der Waals surface area contributed by atoms with Gasteiger partial charge < -0.3 is 26.3 Å². The largest absolute Gasteiger partial charge is 0.477 e. The van der Waals surface area contributed by atoms with E-state index in [0.717, 1.165) is 16.2 Å². The summed E-state index contributed by atoms with van der Waals surface area (Å²) in [6.45, 7) is 0. The van der Waals surface area contributed by atoms with E-state index in [0.29, 0.717) is 5.57 Å². The number of aliphatic carboxylic acids is 1. The summed E-state index contributed by atoms with van der Waals surface area (Å²) in [4.78, 5) is 70.8. The van der Waals surface area contributed by atoms with Gasteiger partial charge in [-0.25, -0.2) is 9.78 Å². The molecular formula is C18H20N8O7S3. The van der Waals surface area contributed by atoms with Crippen LogP contribution in [0.4, 0.5) is 5.13 Å². The minimum atomic E-state index is -1.29. The highest BCUT2D eigenvalue weighted by Gasteiger charge is 2.54. The second-order valence-electron chi connectivity index (χ2n) is 7.50. The first-order chi connectivity index (χ1) is 17.1. The molecule has 0 aliphatic carbocycles. The van der Waals surface area contributed by atoms with Gasteiger partial charge in [0.25, 0.3) is 11.8 Å². The number of amides is 4. The maximum Gasteiger partial charge on any atom is 0.352 e. The van der Waals surface area contributed by atoms with Crippen LogP contribution in [0.2, 0.25) is 0 Å². The van der Waals surface area contributed by atoms with Gasteiger partial charge >= 0.3 is 17.8 Å². The Bertz CT molecular complexity index is 1200. The quantitative estimate of drug-likeness (QED) is 0.101. The van der Waals surface area contributed by atoms with Gasteiger partial charge in [-0.1, -0.05) is 5.16 Å². The molecule has 36 heavy (non-hydrogen) atoms. The second kappa shape index (κ2) is 10.3. The highest BCUT2D eigenvalue weighted by atomic mass is 32.2. The van der Waals surface area contributed by atoms with Gasteiger partial charge in [-0.2, -0.15) is 5.01 Å². The first-order valence-electron chi connectivity index (χ1n) is 10.1. The zero-order valence-corrected chi connectivity index (χ0v) is 21.2. The number of carbonyl (C=O) groups is 5. The van der Waals surface area contributed by atoms with Crippen LogP contribution in [0, 0.1) is 0 Å². The van der Waals surface area contributed by atoms with Crippen LogP contribution in [-0.4, -0.2) is 97.9 Å². The lowest BCUT2D eigenvalue weighted by Gasteiger charge is -2.49. The number of carboxylic acids is 1. The number of hydrazine groups is 1. The Morgan fingerprint density at radius 2 is 2.14 bits per heavy atom. The Kier molecular flexibility index (Phi) is 7.38. The zero-order chi connectivity index (χ0) is 26.1. The number of nitrogens with two attached hydrogens (primary N) is 1. The minimum absolute atomic E-state index is 0.170. The SMILES string of the molecule is CO/N=C(\C(=O)N[C@H]1C(=O)N2C(C(=O)O)=C(CSC3NC(=O)C(=O)NN3C)CS[C@H]12)c1csc(N)n1. The molecule has 1 unspecified atom stereocenters. The van der Waals surface area contributed by atoms with Crippen molar-refractivity contribution in [3.63, 3.8) is 0 Å². The number of nitrogens with zero attached hydrogens (tertiary/aromatic N) is 4. The van der Waals surface area contributed by atoms with Gasteiger partial charge in [-0.3, -0.25) is 29.5 Å². The summed E-state index contributed by atoms with van der Waals surface area (Å²) in [5.74, 6) is -3.76.